The summed E-state index contributed by atoms with van der Waals surface area (Å²) in [5.74, 6) is 0.995. The lowest BCUT2D eigenvalue weighted by molar-refractivity contribution is 0.557. The molecule has 71 valence electrons. The molecular weight excluding hydrogens is 176 g/mol. The van der Waals surface area contributed by atoms with Crippen molar-refractivity contribution in [3.8, 4) is 5.75 Å². The lowest BCUT2D eigenvalue weighted by Gasteiger charge is -2.19. The van der Waals surface area contributed by atoms with Crippen LogP contribution in [0.2, 0.25) is 19.6 Å². The molecule has 0 aliphatic heterocycles. The molecule has 1 aromatic carbocycles. The predicted molar refractivity (Wildman–Crippen MR) is 59.5 cm³/mol. The lowest BCUT2D eigenvalue weighted by Crippen LogP contribution is -2.29. The van der Waals surface area contributed by atoms with Crippen molar-refractivity contribution in [2.24, 2.45) is 0 Å². The highest BCUT2D eigenvalue weighted by atomic mass is 28.4. The molecule has 0 aromatic heterocycles. The van der Waals surface area contributed by atoms with E-state index in [2.05, 4.69) is 38.2 Å². The van der Waals surface area contributed by atoms with Gasteiger partial charge in [0, 0.05) is 0 Å². The quantitative estimate of drug-likeness (QED) is 0.668. The second kappa shape index (κ2) is 3.96. The van der Waals surface area contributed by atoms with Gasteiger partial charge >= 0.3 is 0 Å². The summed E-state index contributed by atoms with van der Waals surface area (Å²) in [5, 5.41) is 0. The van der Waals surface area contributed by atoms with Gasteiger partial charge in [0.25, 0.3) is 0 Å². The fraction of sp³-hybridized carbons (Fsp3) is 0.364. The third-order valence-corrected chi connectivity index (χ3v) is 2.46. The molecule has 0 heterocycles. The number of benzene rings is 1. The standard InChI is InChI=1S/C11H17OSi/c1-5-10-7-6-8-11(9-10)12-13(2,3)4/h5-9H,1-4H3. The third-order valence-electron chi connectivity index (χ3n) is 1.62. The summed E-state index contributed by atoms with van der Waals surface area (Å²) in [5.41, 5.74) is 1.22. The van der Waals surface area contributed by atoms with E-state index in [0.717, 1.165) is 5.75 Å². The van der Waals surface area contributed by atoms with E-state index in [1.165, 1.54) is 5.56 Å². The smallest absolute Gasteiger partial charge is 0.242 e. The molecule has 0 fully saturated rings. The fourth-order valence-electron chi connectivity index (χ4n) is 1.11. The molecule has 0 aliphatic rings. The summed E-state index contributed by atoms with van der Waals surface area (Å²) in [6.07, 6.45) is 2.08. The van der Waals surface area contributed by atoms with Crippen molar-refractivity contribution in [2.75, 3.05) is 0 Å². The Balaban J connectivity index is 2.78. The first-order chi connectivity index (χ1) is 6.01. The summed E-state index contributed by atoms with van der Waals surface area (Å²) in [6.45, 7) is 8.60. The van der Waals surface area contributed by atoms with Gasteiger partial charge < -0.3 is 4.43 Å². The Morgan fingerprint density at radius 3 is 2.46 bits per heavy atom. The summed E-state index contributed by atoms with van der Waals surface area (Å²) in [4.78, 5) is 0. The van der Waals surface area contributed by atoms with Crippen LogP contribution in [-0.4, -0.2) is 8.32 Å². The molecule has 0 spiro atoms. The Hall–Kier alpha value is -0.763. The summed E-state index contributed by atoms with van der Waals surface area (Å²) >= 11 is 0. The zero-order valence-corrected chi connectivity index (χ0v) is 9.79. The molecule has 0 atom stereocenters. The molecule has 1 rings (SSSR count). The SMILES string of the molecule is C[CH]c1cccc(O[Si](C)(C)C)c1. The molecule has 0 saturated heterocycles. The van der Waals surface area contributed by atoms with E-state index in [1.807, 2.05) is 19.1 Å². The Labute approximate surface area is 81.9 Å². The van der Waals surface area contributed by atoms with E-state index in [4.69, 9.17) is 4.43 Å². The minimum atomic E-state index is -1.45. The van der Waals surface area contributed by atoms with Gasteiger partial charge in [-0.25, -0.2) is 0 Å². The average Bonchev–Trinajstić information content (AvgIpc) is 2.01. The van der Waals surface area contributed by atoms with E-state index in [-0.39, 0.29) is 0 Å². The molecular formula is C11H17OSi. The van der Waals surface area contributed by atoms with E-state index in [1.54, 1.807) is 0 Å². The zero-order chi connectivity index (χ0) is 9.90. The largest absolute Gasteiger partial charge is 0.544 e. The molecule has 0 amide bonds. The minimum Gasteiger partial charge on any atom is -0.544 e. The highest BCUT2D eigenvalue weighted by Gasteiger charge is 2.15. The first-order valence-corrected chi connectivity index (χ1v) is 8.00. The first-order valence-electron chi connectivity index (χ1n) is 4.60. The number of hydrogen-bond donors (Lipinski definition) is 0. The molecule has 1 radical (unpaired) electrons. The predicted octanol–water partition coefficient (Wildman–Crippen LogP) is 3.47. The van der Waals surface area contributed by atoms with Crippen molar-refractivity contribution in [2.45, 2.75) is 26.6 Å². The molecule has 0 N–H and O–H groups in total. The Bertz CT molecular complexity index is 276. The molecule has 0 saturated carbocycles. The van der Waals surface area contributed by atoms with Crippen molar-refractivity contribution in [1.82, 2.24) is 0 Å². The third kappa shape index (κ3) is 3.64. The molecule has 13 heavy (non-hydrogen) atoms. The Morgan fingerprint density at radius 1 is 1.23 bits per heavy atom. The van der Waals surface area contributed by atoms with Crippen LogP contribution in [0.15, 0.2) is 24.3 Å². The fourth-order valence-corrected chi connectivity index (χ4v) is 1.95. The molecule has 0 unspecified atom stereocenters. The second-order valence-electron chi connectivity index (χ2n) is 4.08. The summed E-state index contributed by atoms with van der Waals surface area (Å²) in [6, 6.07) is 8.21. The lowest BCUT2D eigenvalue weighted by atomic mass is 10.2. The van der Waals surface area contributed by atoms with E-state index in [0.29, 0.717) is 0 Å². The second-order valence-corrected chi connectivity index (χ2v) is 8.50. The normalized spacial score (nSPS) is 11.4. The van der Waals surface area contributed by atoms with Gasteiger partial charge in [0.15, 0.2) is 0 Å². The number of hydrogen-bond acceptors (Lipinski definition) is 1. The van der Waals surface area contributed by atoms with Gasteiger partial charge in [-0.05, 0) is 43.8 Å². The van der Waals surface area contributed by atoms with Crippen LogP contribution in [0, 0.1) is 6.42 Å². The highest BCUT2D eigenvalue weighted by Crippen LogP contribution is 2.18. The van der Waals surface area contributed by atoms with Crippen LogP contribution in [-0.2, 0) is 0 Å². The van der Waals surface area contributed by atoms with Crippen LogP contribution in [0.1, 0.15) is 12.5 Å². The van der Waals surface area contributed by atoms with Crippen LogP contribution in [0.4, 0.5) is 0 Å². The van der Waals surface area contributed by atoms with Crippen LogP contribution in [0.3, 0.4) is 0 Å². The van der Waals surface area contributed by atoms with Crippen LogP contribution < -0.4 is 4.43 Å². The van der Waals surface area contributed by atoms with Crippen molar-refractivity contribution >= 4 is 8.32 Å². The van der Waals surface area contributed by atoms with Gasteiger partial charge in [0.1, 0.15) is 5.75 Å². The molecule has 0 aliphatic carbocycles. The van der Waals surface area contributed by atoms with Crippen molar-refractivity contribution in [3.05, 3.63) is 36.2 Å². The van der Waals surface area contributed by atoms with Crippen molar-refractivity contribution in [3.63, 3.8) is 0 Å². The van der Waals surface area contributed by atoms with Crippen LogP contribution >= 0.6 is 0 Å². The summed E-state index contributed by atoms with van der Waals surface area (Å²) < 4.78 is 5.86. The Kier molecular flexibility index (Phi) is 3.15. The molecule has 1 nitrogen and oxygen atoms in total. The van der Waals surface area contributed by atoms with Crippen molar-refractivity contribution < 1.29 is 4.43 Å². The van der Waals surface area contributed by atoms with Gasteiger partial charge in [0.2, 0.25) is 8.32 Å². The minimum absolute atomic E-state index is 0.995. The molecule has 1 aromatic rings. The molecule has 2 heteroatoms. The van der Waals surface area contributed by atoms with Crippen LogP contribution in [0.25, 0.3) is 0 Å². The van der Waals surface area contributed by atoms with Gasteiger partial charge in [-0.1, -0.05) is 19.1 Å². The van der Waals surface area contributed by atoms with E-state index >= 15 is 0 Å². The highest BCUT2D eigenvalue weighted by molar-refractivity contribution is 6.70. The van der Waals surface area contributed by atoms with Gasteiger partial charge in [-0.15, -0.1) is 0 Å². The van der Waals surface area contributed by atoms with Crippen LogP contribution in [0.5, 0.6) is 5.75 Å². The Morgan fingerprint density at radius 2 is 1.92 bits per heavy atom. The first kappa shape index (κ1) is 10.3. The maximum absolute atomic E-state index is 5.86. The maximum Gasteiger partial charge on any atom is 0.242 e. The van der Waals surface area contributed by atoms with Gasteiger partial charge in [-0.2, -0.15) is 0 Å². The zero-order valence-electron chi connectivity index (χ0n) is 8.79. The van der Waals surface area contributed by atoms with Gasteiger partial charge in [-0.3, -0.25) is 0 Å². The van der Waals surface area contributed by atoms with Gasteiger partial charge in [0.05, 0.1) is 0 Å². The summed E-state index contributed by atoms with van der Waals surface area (Å²) in [7, 11) is -1.45. The van der Waals surface area contributed by atoms with Crippen molar-refractivity contribution in [1.29, 1.82) is 0 Å². The number of rotatable bonds is 3. The van der Waals surface area contributed by atoms with E-state index in [9.17, 15) is 0 Å². The van der Waals surface area contributed by atoms with E-state index < -0.39 is 8.32 Å². The topological polar surface area (TPSA) is 9.23 Å². The average molecular weight is 193 g/mol. The molecule has 0 bridgehead atoms. The monoisotopic (exact) mass is 193 g/mol. The maximum atomic E-state index is 5.86.